The Morgan fingerprint density at radius 2 is 1.88 bits per heavy atom. The maximum absolute atomic E-state index is 6.45. The first-order chi connectivity index (χ1) is 8.20. The van der Waals surface area contributed by atoms with Gasteiger partial charge in [-0.05, 0) is 25.0 Å². The van der Waals surface area contributed by atoms with E-state index in [1.54, 1.807) is 6.26 Å². The summed E-state index contributed by atoms with van der Waals surface area (Å²) in [5.41, 5.74) is 3.66. The van der Waals surface area contributed by atoms with Gasteiger partial charge in [0.1, 0.15) is 5.76 Å². The lowest BCUT2D eigenvalue weighted by molar-refractivity contribution is 0.510. The van der Waals surface area contributed by atoms with Gasteiger partial charge in [0.25, 0.3) is 0 Å². The molecule has 0 radical (unpaired) electrons. The molecule has 0 aliphatic carbocycles. The highest BCUT2D eigenvalue weighted by Crippen LogP contribution is 2.29. The molecule has 0 amide bonds. The van der Waals surface area contributed by atoms with Gasteiger partial charge in [-0.25, -0.2) is 0 Å². The minimum absolute atomic E-state index is 0.00796. The Hall–Kier alpha value is -1.21. The van der Waals surface area contributed by atoms with Crippen LogP contribution in [0.4, 0.5) is 0 Å². The molecule has 0 saturated carbocycles. The topological polar surface area (TPSA) is 13.1 Å². The molecule has 0 N–H and O–H groups in total. The maximum atomic E-state index is 6.45. The average Bonchev–Trinajstić information content (AvgIpc) is 2.80. The quantitative estimate of drug-likeness (QED) is 0.717. The van der Waals surface area contributed by atoms with Crippen LogP contribution in [0.3, 0.4) is 0 Å². The van der Waals surface area contributed by atoms with Crippen LogP contribution in [0.15, 0.2) is 41.0 Å². The summed E-state index contributed by atoms with van der Waals surface area (Å²) in [6, 6.07) is 10.5. The fourth-order valence-corrected chi connectivity index (χ4v) is 2.33. The fraction of sp³-hybridized carbons (Fsp3) is 0.333. The molecule has 1 aromatic heterocycles. The van der Waals surface area contributed by atoms with Crippen molar-refractivity contribution in [3.8, 4) is 0 Å². The van der Waals surface area contributed by atoms with E-state index in [-0.39, 0.29) is 5.38 Å². The molecule has 0 aliphatic heterocycles. The van der Waals surface area contributed by atoms with Crippen LogP contribution in [0.2, 0.25) is 0 Å². The summed E-state index contributed by atoms with van der Waals surface area (Å²) in [7, 11) is 0. The van der Waals surface area contributed by atoms with E-state index >= 15 is 0 Å². The van der Waals surface area contributed by atoms with Gasteiger partial charge in [0, 0.05) is 12.0 Å². The fourth-order valence-electron chi connectivity index (χ4n) is 1.96. The summed E-state index contributed by atoms with van der Waals surface area (Å²) in [4.78, 5) is 0. The number of hydrogen-bond donors (Lipinski definition) is 0. The molecule has 0 fully saturated rings. The van der Waals surface area contributed by atoms with Crippen molar-refractivity contribution in [2.24, 2.45) is 0 Å². The van der Waals surface area contributed by atoms with Gasteiger partial charge in [-0.3, -0.25) is 0 Å². The molecule has 2 aromatic rings. The van der Waals surface area contributed by atoms with Crippen LogP contribution in [0.25, 0.3) is 0 Å². The van der Waals surface area contributed by atoms with Crippen LogP contribution in [0, 0.1) is 6.92 Å². The molecule has 0 saturated heterocycles. The zero-order chi connectivity index (χ0) is 12.3. The summed E-state index contributed by atoms with van der Waals surface area (Å²) >= 11 is 6.45. The second-order valence-electron chi connectivity index (χ2n) is 4.31. The van der Waals surface area contributed by atoms with Crippen LogP contribution >= 0.6 is 11.6 Å². The van der Waals surface area contributed by atoms with Crippen LogP contribution in [0.5, 0.6) is 0 Å². The first kappa shape index (κ1) is 12.3. The van der Waals surface area contributed by atoms with Gasteiger partial charge in [0.05, 0.1) is 11.6 Å². The van der Waals surface area contributed by atoms with Gasteiger partial charge in [-0.15, -0.1) is 11.6 Å². The molecule has 17 heavy (non-hydrogen) atoms. The zero-order valence-corrected chi connectivity index (χ0v) is 11.0. The van der Waals surface area contributed by atoms with E-state index in [0.717, 1.165) is 24.2 Å². The van der Waals surface area contributed by atoms with Gasteiger partial charge < -0.3 is 4.42 Å². The Morgan fingerprint density at radius 1 is 1.18 bits per heavy atom. The third-order valence-corrected chi connectivity index (χ3v) is 3.36. The number of aryl methyl sites for hydroxylation is 2. The van der Waals surface area contributed by atoms with Gasteiger partial charge >= 0.3 is 0 Å². The zero-order valence-electron chi connectivity index (χ0n) is 10.2. The second kappa shape index (κ2) is 5.42. The lowest BCUT2D eigenvalue weighted by Gasteiger charge is -2.09. The Labute approximate surface area is 107 Å². The lowest BCUT2D eigenvalue weighted by atomic mass is 10.0. The number of hydrogen-bond acceptors (Lipinski definition) is 1. The van der Waals surface area contributed by atoms with Crippen molar-refractivity contribution in [2.75, 3.05) is 0 Å². The summed E-state index contributed by atoms with van der Waals surface area (Å²) in [5.74, 6) is 0.997. The molecule has 0 aliphatic rings. The lowest BCUT2D eigenvalue weighted by Crippen LogP contribution is -1.97. The molecule has 90 valence electrons. The van der Waals surface area contributed by atoms with E-state index in [1.807, 2.05) is 6.07 Å². The molecule has 1 heterocycles. The molecular formula is C15H17ClO. The first-order valence-corrected chi connectivity index (χ1v) is 6.40. The van der Waals surface area contributed by atoms with Crippen molar-refractivity contribution < 1.29 is 4.42 Å². The van der Waals surface area contributed by atoms with Crippen LogP contribution in [-0.4, -0.2) is 0 Å². The largest absolute Gasteiger partial charge is 0.469 e. The number of alkyl halides is 1. The van der Waals surface area contributed by atoms with Crippen molar-refractivity contribution in [3.63, 3.8) is 0 Å². The summed E-state index contributed by atoms with van der Waals surface area (Å²) in [5, 5.41) is -0.00796. The third-order valence-electron chi connectivity index (χ3n) is 2.97. The summed E-state index contributed by atoms with van der Waals surface area (Å²) in [6.07, 6.45) is 3.45. The Bertz CT molecular complexity index is 470. The normalized spacial score (nSPS) is 12.6. The number of halogens is 1. The van der Waals surface area contributed by atoms with E-state index in [0.29, 0.717) is 0 Å². The average molecular weight is 249 g/mol. The molecule has 1 nitrogen and oxygen atoms in total. The van der Waals surface area contributed by atoms with Crippen LogP contribution in [0.1, 0.15) is 34.8 Å². The highest BCUT2D eigenvalue weighted by molar-refractivity contribution is 6.21. The molecule has 1 aromatic carbocycles. The number of rotatable bonds is 4. The van der Waals surface area contributed by atoms with Crippen LogP contribution < -0.4 is 0 Å². The van der Waals surface area contributed by atoms with Gasteiger partial charge in [0.2, 0.25) is 0 Å². The molecule has 2 heteroatoms. The van der Waals surface area contributed by atoms with Crippen molar-refractivity contribution in [1.29, 1.82) is 0 Å². The number of benzene rings is 1. The summed E-state index contributed by atoms with van der Waals surface area (Å²) < 4.78 is 5.41. The van der Waals surface area contributed by atoms with Crippen molar-refractivity contribution in [1.82, 2.24) is 0 Å². The standard InChI is InChI=1S/C15H17ClO/c1-3-15-13(8-9-17-15)14(16)10-12-6-4-11(2)5-7-12/h4-9,14H,3,10H2,1-2H3. The Balaban J connectivity index is 2.11. The van der Waals surface area contributed by atoms with Crippen molar-refractivity contribution >= 4 is 11.6 Å². The monoisotopic (exact) mass is 248 g/mol. The number of furan rings is 1. The summed E-state index contributed by atoms with van der Waals surface area (Å²) in [6.45, 7) is 4.17. The SMILES string of the molecule is CCc1occc1C(Cl)Cc1ccc(C)cc1. The Kier molecular flexibility index (Phi) is 3.90. The molecule has 0 bridgehead atoms. The van der Waals surface area contributed by atoms with Crippen LogP contribution in [-0.2, 0) is 12.8 Å². The predicted octanol–water partition coefficient (Wildman–Crippen LogP) is 4.67. The molecule has 1 unspecified atom stereocenters. The van der Waals surface area contributed by atoms with Gasteiger partial charge in [-0.2, -0.15) is 0 Å². The minimum atomic E-state index is -0.00796. The highest BCUT2D eigenvalue weighted by atomic mass is 35.5. The smallest absolute Gasteiger partial charge is 0.108 e. The van der Waals surface area contributed by atoms with E-state index in [2.05, 4.69) is 38.1 Å². The van der Waals surface area contributed by atoms with Gasteiger partial charge in [-0.1, -0.05) is 36.8 Å². The van der Waals surface area contributed by atoms with E-state index < -0.39 is 0 Å². The van der Waals surface area contributed by atoms with E-state index in [9.17, 15) is 0 Å². The highest BCUT2D eigenvalue weighted by Gasteiger charge is 2.14. The molecule has 2 rings (SSSR count). The molecule has 0 spiro atoms. The molecular weight excluding hydrogens is 232 g/mol. The van der Waals surface area contributed by atoms with Gasteiger partial charge in [0.15, 0.2) is 0 Å². The maximum Gasteiger partial charge on any atom is 0.108 e. The predicted molar refractivity (Wildman–Crippen MR) is 71.6 cm³/mol. The first-order valence-electron chi connectivity index (χ1n) is 5.96. The molecule has 1 atom stereocenters. The van der Waals surface area contributed by atoms with Crippen molar-refractivity contribution in [2.45, 2.75) is 32.1 Å². The Morgan fingerprint density at radius 3 is 2.53 bits per heavy atom. The van der Waals surface area contributed by atoms with E-state index in [1.165, 1.54) is 11.1 Å². The minimum Gasteiger partial charge on any atom is -0.469 e. The second-order valence-corrected chi connectivity index (χ2v) is 4.84. The van der Waals surface area contributed by atoms with E-state index in [4.69, 9.17) is 16.0 Å². The van der Waals surface area contributed by atoms with Crippen molar-refractivity contribution in [3.05, 3.63) is 59.0 Å². The third kappa shape index (κ3) is 2.92.